The van der Waals surface area contributed by atoms with E-state index in [1.165, 1.54) is 12.8 Å². The topological polar surface area (TPSA) is 48.0 Å². The summed E-state index contributed by atoms with van der Waals surface area (Å²) in [7, 11) is 0. The lowest BCUT2D eigenvalue weighted by Gasteiger charge is -2.49. The van der Waals surface area contributed by atoms with Crippen LogP contribution in [0.3, 0.4) is 0 Å². The van der Waals surface area contributed by atoms with Crippen LogP contribution >= 0.6 is 0 Å². The molecule has 2 heterocycles. The molecule has 2 saturated heterocycles. The average Bonchev–Trinajstić information content (AvgIpc) is 2.85. The number of rotatable bonds is 2. The van der Waals surface area contributed by atoms with Gasteiger partial charge in [-0.1, -0.05) is 12.8 Å². The van der Waals surface area contributed by atoms with Crippen molar-refractivity contribution in [3.05, 3.63) is 0 Å². The van der Waals surface area contributed by atoms with Crippen molar-refractivity contribution in [2.75, 3.05) is 26.3 Å². The molecule has 0 aromatic heterocycles. The van der Waals surface area contributed by atoms with Crippen LogP contribution in [0.15, 0.2) is 0 Å². The van der Waals surface area contributed by atoms with Crippen LogP contribution in [0, 0.1) is 0 Å². The summed E-state index contributed by atoms with van der Waals surface area (Å²) in [5, 5.41) is 0. The summed E-state index contributed by atoms with van der Waals surface area (Å²) in [5.74, 6) is 0.129. The van der Waals surface area contributed by atoms with Gasteiger partial charge in [-0.25, -0.2) is 0 Å². The molecule has 3 fully saturated rings. The Morgan fingerprint density at radius 1 is 1.10 bits per heavy atom. The lowest BCUT2D eigenvalue weighted by molar-refractivity contribution is -0.209. The summed E-state index contributed by atoms with van der Waals surface area (Å²) in [5.41, 5.74) is -0.391. The zero-order valence-electron chi connectivity index (χ0n) is 13.2. The number of ether oxygens (including phenoxy) is 3. The molecule has 1 saturated carbocycles. The lowest BCUT2D eigenvalue weighted by atomic mass is 9.94. The Morgan fingerprint density at radius 3 is 2.43 bits per heavy atom. The number of carbonyl (C=O) groups is 1. The maximum absolute atomic E-state index is 12.6. The minimum absolute atomic E-state index is 0.119. The first-order valence-electron chi connectivity index (χ1n) is 8.19. The predicted molar refractivity (Wildman–Crippen MR) is 77.9 cm³/mol. The van der Waals surface area contributed by atoms with Crippen LogP contribution < -0.4 is 0 Å². The van der Waals surface area contributed by atoms with Gasteiger partial charge in [-0.2, -0.15) is 0 Å². The van der Waals surface area contributed by atoms with Gasteiger partial charge in [0.15, 0.2) is 6.29 Å². The Labute approximate surface area is 126 Å². The molecule has 2 aliphatic heterocycles. The highest BCUT2D eigenvalue weighted by Gasteiger charge is 2.47. The summed E-state index contributed by atoms with van der Waals surface area (Å²) < 4.78 is 17.4. The summed E-state index contributed by atoms with van der Waals surface area (Å²) in [6.07, 6.45) is 5.41. The Hall–Kier alpha value is -0.650. The summed E-state index contributed by atoms with van der Waals surface area (Å²) in [6, 6.07) is 0. The number of amides is 1. The summed E-state index contributed by atoms with van der Waals surface area (Å²) in [4.78, 5) is 14.6. The van der Waals surface area contributed by atoms with Gasteiger partial charge >= 0.3 is 0 Å². The van der Waals surface area contributed by atoms with Gasteiger partial charge in [-0.15, -0.1) is 0 Å². The zero-order chi connectivity index (χ0) is 14.9. The van der Waals surface area contributed by atoms with E-state index in [-0.39, 0.29) is 23.4 Å². The summed E-state index contributed by atoms with van der Waals surface area (Å²) >= 11 is 0. The van der Waals surface area contributed by atoms with Crippen molar-refractivity contribution < 1.29 is 19.0 Å². The smallest absolute Gasteiger partial charge is 0.227 e. The second-order valence-electron chi connectivity index (χ2n) is 7.23. The number of hydrogen-bond donors (Lipinski definition) is 0. The first-order valence-corrected chi connectivity index (χ1v) is 8.19. The van der Waals surface area contributed by atoms with Crippen molar-refractivity contribution >= 4 is 5.91 Å². The molecular weight excluding hydrogens is 270 g/mol. The van der Waals surface area contributed by atoms with Gasteiger partial charge in [0, 0.05) is 13.1 Å². The van der Waals surface area contributed by atoms with Crippen molar-refractivity contribution in [1.29, 1.82) is 0 Å². The highest BCUT2D eigenvalue weighted by molar-refractivity contribution is 5.77. The van der Waals surface area contributed by atoms with Crippen LogP contribution in [-0.2, 0) is 19.0 Å². The van der Waals surface area contributed by atoms with Crippen molar-refractivity contribution in [2.24, 2.45) is 0 Å². The van der Waals surface area contributed by atoms with Crippen molar-refractivity contribution in [3.8, 4) is 0 Å². The molecule has 0 aromatic carbocycles. The number of hydrogen-bond acceptors (Lipinski definition) is 4. The monoisotopic (exact) mass is 297 g/mol. The van der Waals surface area contributed by atoms with E-state index in [0.717, 1.165) is 25.8 Å². The third-order valence-corrected chi connectivity index (χ3v) is 4.65. The maximum Gasteiger partial charge on any atom is 0.227 e. The number of carbonyl (C=O) groups excluding carboxylic acids is 1. The van der Waals surface area contributed by atoms with E-state index in [2.05, 4.69) is 13.8 Å². The molecule has 21 heavy (non-hydrogen) atoms. The Bertz CT molecular complexity index is 384. The van der Waals surface area contributed by atoms with Gasteiger partial charge in [0.25, 0.3) is 0 Å². The van der Waals surface area contributed by atoms with E-state index in [9.17, 15) is 4.79 Å². The molecule has 1 spiro atoms. The quantitative estimate of drug-likeness (QED) is 0.783. The maximum atomic E-state index is 12.6. The molecule has 0 aromatic rings. The number of nitrogens with zero attached hydrogens (tertiary/aromatic N) is 1. The zero-order valence-corrected chi connectivity index (χ0v) is 13.2. The second-order valence-corrected chi connectivity index (χ2v) is 7.23. The van der Waals surface area contributed by atoms with E-state index >= 15 is 0 Å². The SMILES string of the molecule is CC1(C)CN(C(=O)CC2OCCCO2)CC2(CCCC2)O1. The molecule has 1 aliphatic carbocycles. The molecule has 0 N–H and O–H groups in total. The normalized spacial score (nSPS) is 29.0. The first-order chi connectivity index (χ1) is 9.98. The summed E-state index contributed by atoms with van der Waals surface area (Å²) in [6.45, 7) is 6.93. The van der Waals surface area contributed by atoms with Crippen LogP contribution in [-0.4, -0.2) is 54.6 Å². The largest absolute Gasteiger partial charge is 0.365 e. The third kappa shape index (κ3) is 3.58. The minimum atomic E-state index is -0.364. The Balaban J connectivity index is 1.64. The molecular formula is C16H27NO4. The fourth-order valence-electron chi connectivity index (χ4n) is 3.90. The molecule has 1 amide bonds. The van der Waals surface area contributed by atoms with Crippen LogP contribution in [0.1, 0.15) is 52.4 Å². The van der Waals surface area contributed by atoms with Crippen LogP contribution in [0.4, 0.5) is 0 Å². The van der Waals surface area contributed by atoms with Gasteiger partial charge in [0.05, 0.1) is 30.8 Å². The highest BCUT2D eigenvalue weighted by atomic mass is 16.7. The average molecular weight is 297 g/mol. The van der Waals surface area contributed by atoms with Gasteiger partial charge < -0.3 is 19.1 Å². The molecule has 3 aliphatic rings. The van der Waals surface area contributed by atoms with E-state index in [0.29, 0.717) is 26.2 Å². The molecule has 5 nitrogen and oxygen atoms in total. The van der Waals surface area contributed by atoms with E-state index < -0.39 is 0 Å². The minimum Gasteiger partial charge on any atom is -0.365 e. The lowest BCUT2D eigenvalue weighted by Crippen LogP contribution is -2.60. The molecule has 0 bridgehead atoms. The fourth-order valence-corrected chi connectivity index (χ4v) is 3.90. The number of morpholine rings is 1. The van der Waals surface area contributed by atoms with Crippen LogP contribution in [0.5, 0.6) is 0 Å². The second kappa shape index (κ2) is 5.86. The van der Waals surface area contributed by atoms with E-state index in [4.69, 9.17) is 14.2 Å². The third-order valence-electron chi connectivity index (χ3n) is 4.65. The van der Waals surface area contributed by atoms with Gasteiger partial charge in [-0.3, -0.25) is 4.79 Å². The van der Waals surface area contributed by atoms with Crippen LogP contribution in [0.25, 0.3) is 0 Å². The molecule has 3 rings (SSSR count). The molecule has 0 unspecified atom stereocenters. The molecule has 5 heteroatoms. The predicted octanol–water partition coefficient (Wildman–Crippen LogP) is 2.09. The van der Waals surface area contributed by atoms with Gasteiger partial charge in [-0.05, 0) is 33.1 Å². The standard InChI is InChI=1S/C16H27NO4/c1-15(2)11-17(12-16(21-15)6-3-4-7-16)13(18)10-14-19-8-5-9-20-14/h14H,3-12H2,1-2H3. The van der Waals surface area contributed by atoms with Gasteiger partial charge in [0.2, 0.25) is 5.91 Å². The first kappa shape index (κ1) is 15.3. The highest BCUT2D eigenvalue weighted by Crippen LogP contribution is 2.40. The molecule has 0 atom stereocenters. The molecule has 120 valence electrons. The van der Waals surface area contributed by atoms with E-state index in [1.54, 1.807) is 0 Å². The van der Waals surface area contributed by atoms with Crippen molar-refractivity contribution in [3.63, 3.8) is 0 Å². The van der Waals surface area contributed by atoms with Crippen molar-refractivity contribution in [2.45, 2.75) is 69.9 Å². The molecule has 0 radical (unpaired) electrons. The van der Waals surface area contributed by atoms with Crippen molar-refractivity contribution in [1.82, 2.24) is 4.90 Å². The van der Waals surface area contributed by atoms with E-state index in [1.807, 2.05) is 4.90 Å². The van der Waals surface area contributed by atoms with Gasteiger partial charge in [0.1, 0.15) is 0 Å². The van der Waals surface area contributed by atoms with Crippen LogP contribution in [0.2, 0.25) is 0 Å². The Kier molecular flexibility index (Phi) is 4.26. The Morgan fingerprint density at radius 2 is 1.76 bits per heavy atom. The fraction of sp³-hybridized carbons (Fsp3) is 0.938.